The molecule has 1 atom stereocenters. The van der Waals surface area contributed by atoms with Crippen LogP contribution >= 0.6 is 15.9 Å². The summed E-state index contributed by atoms with van der Waals surface area (Å²) in [7, 11) is 0. The molecule has 1 aromatic heterocycles. The van der Waals surface area contributed by atoms with Crippen LogP contribution in [0.25, 0.3) is 16.9 Å². The Bertz CT molecular complexity index is 1370. The first-order chi connectivity index (χ1) is 17.9. The topological polar surface area (TPSA) is 73.4 Å². The highest BCUT2D eigenvalue weighted by molar-refractivity contribution is 9.10. The molecule has 3 aromatic carbocycles. The van der Waals surface area contributed by atoms with E-state index >= 15 is 0 Å². The van der Waals surface area contributed by atoms with E-state index in [-0.39, 0.29) is 18.3 Å². The van der Waals surface area contributed by atoms with Gasteiger partial charge in [-0.15, -0.1) is 0 Å². The molecule has 0 bridgehead atoms. The quantitative estimate of drug-likeness (QED) is 0.273. The molecule has 8 heteroatoms. The van der Waals surface area contributed by atoms with E-state index in [1.165, 1.54) is 6.07 Å². The molecule has 192 valence electrons. The Labute approximate surface area is 225 Å². The molecule has 0 spiro atoms. The van der Waals surface area contributed by atoms with E-state index in [1.807, 2.05) is 75.5 Å². The van der Waals surface area contributed by atoms with Crippen LogP contribution < -0.4 is 5.73 Å². The maximum Gasteiger partial charge on any atom is 0.250 e. The zero-order valence-electron chi connectivity index (χ0n) is 21.1. The van der Waals surface area contributed by atoms with Crippen molar-refractivity contribution in [3.8, 4) is 16.9 Å². The van der Waals surface area contributed by atoms with Crippen LogP contribution in [0.2, 0.25) is 0 Å². The van der Waals surface area contributed by atoms with Crippen LogP contribution in [-0.4, -0.2) is 33.7 Å². The van der Waals surface area contributed by atoms with Gasteiger partial charge < -0.3 is 15.4 Å². The maximum atomic E-state index is 14.3. The molecular formula is C29H30BrFN4O2. The maximum absolute atomic E-state index is 14.3. The van der Waals surface area contributed by atoms with Gasteiger partial charge >= 0.3 is 0 Å². The number of nitrogens with zero attached hydrogens (tertiary/aromatic N) is 3. The van der Waals surface area contributed by atoms with E-state index in [0.29, 0.717) is 24.2 Å². The molecular weight excluding hydrogens is 535 g/mol. The second-order valence-corrected chi connectivity index (χ2v) is 9.49. The van der Waals surface area contributed by atoms with Crippen molar-refractivity contribution in [3.05, 3.63) is 99.9 Å². The number of hydrogen-bond donors (Lipinski definition) is 1. The molecule has 5 rings (SSSR count). The monoisotopic (exact) mass is 564 g/mol. The van der Waals surface area contributed by atoms with Gasteiger partial charge in [0.05, 0.1) is 5.69 Å². The van der Waals surface area contributed by atoms with Crippen molar-refractivity contribution in [3.63, 3.8) is 0 Å². The van der Waals surface area contributed by atoms with Gasteiger partial charge in [-0.2, -0.15) is 5.10 Å². The van der Waals surface area contributed by atoms with Crippen molar-refractivity contribution in [2.75, 3.05) is 18.9 Å². The van der Waals surface area contributed by atoms with E-state index in [4.69, 9.17) is 15.6 Å². The lowest BCUT2D eigenvalue weighted by atomic mass is 10.0. The van der Waals surface area contributed by atoms with E-state index in [9.17, 15) is 9.18 Å². The Morgan fingerprint density at radius 1 is 1.08 bits per heavy atom. The Morgan fingerprint density at radius 2 is 1.78 bits per heavy atom. The molecule has 2 heterocycles. The van der Waals surface area contributed by atoms with Crippen molar-refractivity contribution >= 4 is 27.5 Å². The van der Waals surface area contributed by atoms with Crippen LogP contribution in [0, 0.1) is 12.7 Å². The number of nitrogen functional groups attached to an aromatic ring is 1. The van der Waals surface area contributed by atoms with Gasteiger partial charge in [0.1, 0.15) is 18.1 Å². The molecule has 1 aliphatic heterocycles. The minimum Gasteiger partial charge on any atom is -0.399 e. The lowest BCUT2D eigenvalue weighted by molar-refractivity contribution is -0.128. The Kier molecular flexibility index (Phi) is 8.41. The predicted octanol–water partition coefficient (Wildman–Crippen LogP) is 6.46. The third-order valence-corrected chi connectivity index (χ3v) is 6.62. The SMILES string of the molecule is CC.Cc1ccc(-c2nn(-c3ccc(Br)cc3)cc2C2OCC(=O)N2CCc2ccc(N)cc2F)cc1. The highest BCUT2D eigenvalue weighted by Gasteiger charge is 2.36. The number of anilines is 1. The van der Waals surface area contributed by atoms with E-state index in [2.05, 4.69) is 15.9 Å². The number of carbonyl (C=O) groups is 1. The van der Waals surface area contributed by atoms with Crippen LogP contribution in [0.15, 0.2) is 77.4 Å². The van der Waals surface area contributed by atoms with Crippen LogP contribution in [0.4, 0.5) is 10.1 Å². The number of ether oxygens (including phenoxy) is 1. The summed E-state index contributed by atoms with van der Waals surface area (Å²) in [6.07, 6.45) is 1.62. The van der Waals surface area contributed by atoms with Gasteiger partial charge in [-0.1, -0.05) is 65.7 Å². The van der Waals surface area contributed by atoms with Gasteiger partial charge in [0.15, 0.2) is 6.23 Å². The number of rotatable bonds is 6. The number of aromatic nitrogens is 2. The standard InChI is InChI=1S/C27H24BrFN4O2.C2H6/c1-17-2-4-19(5-3-17)26-23(15-33(31-26)22-10-7-20(28)8-11-22)27-32(25(34)16-35-27)13-12-18-6-9-21(30)14-24(18)29;1-2/h2-11,14-15,27H,12-13,16,30H2,1H3;1-2H3. The Hall–Kier alpha value is -3.49. The Morgan fingerprint density at radius 3 is 2.46 bits per heavy atom. The van der Waals surface area contributed by atoms with Gasteiger partial charge in [-0.3, -0.25) is 4.79 Å². The van der Waals surface area contributed by atoms with Crippen molar-refractivity contribution in [2.24, 2.45) is 0 Å². The largest absolute Gasteiger partial charge is 0.399 e. The van der Waals surface area contributed by atoms with Gasteiger partial charge in [-0.05, 0) is 55.3 Å². The van der Waals surface area contributed by atoms with Crippen molar-refractivity contribution in [1.82, 2.24) is 14.7 Å². The van der Waals surface area contributed by atoms with Crippen LogP contribution in [-0.2, 0) is 16.0 Å². The highest BCUT2D eigenvalue weighted by atomic mass is 79.9. The van der Waals surface area contributed by atoms with Gasteiger partial charge in [0, 0.05) is 34.0 Å². The zero-order valence-corrected chi connectivity index (χ0v) is 22.7. The highest BCUT2D eigenvalue weighted by Crippen LogP contribution is 2.35. The lowest BCUT2D eigenvalue weighted by Gasteiger charge is -2.23. The van der Waals surface area contributed by atoms with E-state index in [1.54, 1.807) is 21.7 Å². The number of hydrogen-bond acceptors (Lipinski definition) is 4. The van der Waals surface area contributed by atoms with E-state index < -0.39 is 6.23 Å². The van der Waals surface area contributed by atoms with Crippen molar-refractivity contribution in [1.29, 1.82) is 0 Å². The smallest absolute Gasteiger partial charge is 0.250 e. The fourth-order valence-corrected chi connectivity index (χ4v) is 4.45. The number of aryl methyl sites for hydroxylation is 1. The summed E-state index contributed by atoms with van der Waals surface area (Å²) in [6, 6.07) is 20.5. The molecule has 6 nitrogen and oxygen atoms in total. The number of halogens is 2. The molecule has 0 saturated carbocycles. The summed E-state index contributed by atoms with van der Waals surface area (Å²) in [5.41, 5.74) is 11.0. The molecule has 0 aliphatic carbocycles. The third-order valence-electron chi connectivity index (χ3n) is 6.09. The first-order valence-electron chi connectivity index (χ1n) is 12.3. The number of amides is 1. The first kappa shape index (κ1) is 26.6. The van der Waals surface area contributed by atoms with E-state index in [0.717, 1.165) is 32.5 Å². The van der Waals surface area contributed by atoms with Gasteiger partial charge in [-0.25, -0.2) is 9.07 Å². The predicted molar refractivity (Wildman–Crippen MR) is 148 cm³/mol. The normalized spacial score (nSPS) is 15.0. The number of carbonyl (C=O) groups excluding carboxylic acids is 1. The average molecular weight is 565 g/mol. The van der Waals surface area contributed by atoms with Gasteiger partial charge in [0.25, 0.3) is 5.91 Å². The first-order valence-corrected chi connectivity index (χ1v) is 13.1. The lowest BCUT2D eigenvalue weighted by Crippen LogP contribution is -2.31. The summed E-state index contributed by atoms with van der Waals surface area (Å²) >= 11 is 3.47. The number of nitrogens with two attached hydrogens (primary N) is 1. The fraction of sp³-hybridized carbons (Fsp3) is 0.241. The molecule has 1 amide bonds. The molecule has 1 unspecified atom stereocenters. The molecule has 1 fully saturated rings. The fourth-order valence-electron chi connectivity index (χ4n) is 4.19. The van der Waals surface area contributed by atoms with Crippen LogP contribution in [0.1, 0.15) is 36.8 Å². The minimum absolute atomic E-state index is 0.0360. The summed E-state index contributed by atoms with van der Waals surface area (Å²) in [6.45, 7) is 6.30. The van der Waals surface area contributed by atoms with Crippen LogP contribution in [0.3, 0.4) is 0 Å². The van der Waals surface area contributed by atoms with Crippen LogP contribution in [0.5, 0.6) is 0 Å². The summed E-state index contributed by atoms with van der Waals surface area (Å²) in [5, 5.41) is 4.87. The Balaban J connectivity index is 0.00000156. The molecule has 4 aromatic rings. The molecule has 2 N–H and O–H groups in total. The second kappa shape index (κ2) is 11.7. The van der Waals surface area contributed by atoms with Crippen molar-refractivity contribution < 1.29 is 13.9 Å². The third kappa shape index (κ3) is 5.92. The number of benzene rings is 3. The molecule has 1 saturated heterocycles. The molecule has 1 aliphatic rings. The summed E-state index contributed by atoms with van der Waals surface area (Å²) in [5.74, 6) is -0.519. The molecule has 37 heavy (non-hydrogen) atoms. The second-order valence-electron chi connectivity index (χ2n) is 8.57. The zero-order chi connectivity index (χ0) is 26.5. The van der Waals surface area contributed by atoms with Crippen molar-refractivity contribution in [2.45, 2.75) is 33.4 Å². The minimum atomic E-state index is -0.625. The molecule has 0 radical (unpaired) electrons. The average Bonchev–Trinajstić information content (AvgIpc) is 3.49. The van der Waals surface area contributed by atoms with Gasteiger partial charge in [0.2, 0.25) is 0 Å². The summed E-state index contributed by atoms with van der Waals surface area (Å²) in [4.78, 5) is 14.4. The summed E-state index contributed by atoms with van der Waals surface area (Å²) < 4.78 is 23.1.